The SMILES string of the molecule is CCCNc1nc(CCC)nc(-c2ccsc2)c1C. The quantitative estimate of drug-likeness (QED) is 0.854. The molecular formula is C15H21N3S. The number of aryl methyl sites for hydroxylation is 1. The first-order valence-corrected chi connectivity index (χ1v) is 7.84. The van der Waals surface area contributed by atoms with E-state index in [2.05, 4.69) is 47.9 Å². The second-order valence-corrected chi connectivity index (χ2v) is 5.43. The second kappa shape index (κ2) is 6.66. The van der Waals surface area contributed by atoms with Gasteiger partial charge in [-0.25, -0.2) is 9.97 Å². The third kappa shape index (κ3) is 3.32. The molecule has 0 radical (unpaired) electrons. The van der Waals surface area contributed by atoms with Crippen LogP contribution in [0.25, 0.3) is 11.3 Å². The Bertz CT molecular complexity index is 520. The molecule has 0 spiro atoms. The van der Waals surface area contributed by atoms with Crippen molar-refractivity contribution in [2.75, 3.05) is 11.9 Å². The lowest BCUT2D eigenvalue weighted by molar-refractivity contribution is 0.830. The molecule has 4 heteroatoms. The van der Waals surface area contributed by atoms with Gasteiger partial charge >= 0.3 is 0 Å². The summed E-state index contributed by atoms with van der Waals surface area (Å²) in [4.78, 5) is 9.38. The van der Waals surface area contributed by atoms with Gasteiger partial charge in [-0.2, -0.15) is 11.3 Å². The molecule has 0 aliphatic rings. The molecular weight excluding hydrogens is 254 g/mol. The van der Waals surface area contributed by atoms with Crippen LogP contribution in [0.5, 0.6) is 0 Å². The predicted molar refractivity (Wildman–Crippen MR) is 82.9 cm³/mol. The molecule has 0 bridgehead atoms. The highest BCUT2D eigenvalue weighted by atomic mass is 32.1. The topological polar surface area (TPSA) is 37.8 Å². The van der Waals surface area contributed by atoms with Gasteiger partial charge < -0.3 is 5.32 Å². The Labute approximate surface area is 119 Å². The molecule has 2 aromatic rings. The summed E-state index contributed by atoms with van der Waals surface area (Å²) in [5, 5.41) is 7.66. The van der Waals surface area contributed by atoms with Crippen LogP contribution in [0.4, 0.5) is 5.82 Å². The van der Waals surface area contributed by atoms with Gasteiger partial charge in [0.05, 0.1) is 5.69 Å². The summed E-state index contributed by atoms with van der Waals surface area (Å²) >= 11 is 1.71. The van der Waals surface area contributed by atoms with Gasteiger partial charge in [0, 0.05) is 29.5 Å². The van der Waals surface area contributed by atoms with E-state index in [1.165, 1.54) is 5.56 Å². The zero-order valence-electron chi connectivity index (χ0n) is 11.9. The molecule has 0 amide bonds. The lowest BCUT2D eigenvalue weighted by atomic mass is 10.1. The summed E-state index contributed by atoms with van der Waals surface area (Å²) in [5.74, 6) is 1.93. The maximum atomic E-state index is 4.73. The van der Waals surface area contributed by atoms with Gasteiger partial charge in [-0.3, -0.25) is 0 Å². The third-order valence-corrected chi connectivity index (χ3v) is 3.69. The molecule has 2 aromatic heterocycles. The molecule has 2 rings (SSSR count). The minimum absolute atomic E-state index is 0.929. The van der Waals surface area contributed by atoms with E-state index in [1.807, 2.05) is 0 Å². The lowest BCUT2D eigenvalue weighted by Gasteiger charge is -2.13. The average molecular weight is 275 g/mol. The van der Waals surface area contributed by atoms with E-state index >= 15 is 0 Å². The minimum atomic E-state index is 0.929. The first kappa shape index (κ1) is 14.0. The molecule has 102 valence electrons. The van der Waals surface area contributed by atoms with E-state index < -0.39 is 0 Å². The van der Waals surface area contributed by atoms with Crippen LogP contribution in [0.2, 0.25) is 0 Å². The highest BCUT2D eigenvalue weighted by Crippen LogP contribution is 2.27. The highest BCUT2D eigenvalue weighted by Gasteiger charge is 2.12. The van der Waals surface area contributed by atoms with Crippen LogP contribution in [-0.2, 0) is 6.42 Å². The lowest BCUT2D eigenvalue weighted by Crippen LogP contribution is -2.09. The Morgan fingerprint density at radius 1 is 1.21 bits per heavy atom. The average Bonchev–Trinajstić information content (AvgIpc) is 2.93. The fraction of sp³-hybridized carbons (Fsp3) is 0.467. The molecule has 0 aliphatic carbocycles. The van der Waals surface area contributed by atoms with Crippen molar-refractivity contribution >= 4 is 17.2 Å². The van der Waals surface area contributed by atoms with E-state index in [1.54, 1.807) is 11.3 Å². The number of nitrogens with one attached hydrogen (secondary N) is 1. The van der Waals surface area contributed by atoms with Crippen molar-refractivity contribution in [3.63, 3.8) is 0 Å². The molecule has 0 saturated heterocycles. The van der Waals surface area contributed by atoms with Crippen LogP contribution >= 0.6 is 11.3 Å². The Kier molecular flexibility index (Phi) is 4.91. The largest absolute Gasteiger partial charge is 0.370 e. The molecule has 0 aliphatic heterocycles. The Balaban J connectivity index is 2.43. The maximum absolute atomic E-state index is 4.73. The van der Waals surface area contributed by atoms with E-state index in [0.29, 0.717) is 0 Å². The van der Waals surface area contributed by atoms with Crippen molar-refractivity contribution < 1.29 is 0 Å². The molecule has 0 atom stereocenters. The zero-order chi connectivity index (χ0) is 13.7. The second-order valence-electron chi connectivity index (χ2n) is 4.65. The predicted octanol–water partition coefficient (Wildman–Crippen LogP) is 4.29. The van der Waals surface area contributed by atoms with Crippen LogP contribution < -0.4 is 5.32 Å². The van der Waals surface area contributed by atoms with Gasteiger partial charge in [0.1, 0.15) is 11.6 Å². The molecule has 2 heterocycles. The number of thiophene rings is 1. The smallest absolute Gasteiger partial charge is 0.133 e. The van der Waals surface area contributed by atoms with E-state index in [-0.39, 0.29) is 0 Å². The van der Waals surface area contributed by atoms with Gasteiger partial charge in [0.2, 0.25) is 0 Å². The maximum Gasteiger partial charge on any atom is 0.133 e. The van der Waals surface area contributed by atoms with Crippen molar-refractivity contribution in [3.05, 3.63) is 28.2 Å². The molecule has 1 N–H and O–H groups in total. The number of aromatic nitrogens is 2. The third-order valence-electron chi connectivity index (χ3n) is 3.00. The van der Waals surface area contributed by atoms with Crippen molar-refractivity contribution in [2.24, 2.45) is 0 Å². The van der Waals surface area contributed by atoms with Gasteiger partial charge in [-0.1, -0.05) is 13.8 Å². The fourth-order valence-corrected chi connectivity index (χ4v) is 2.63. The normalized spacial score (nSPS) is 10.7. The van der Waals surface area contributed by atoms with Crippen molar-refractivity contribution in [1.29, 1.82) is 0 Å². The molecule has 19 heavy (non-hydrogen) atoms. The summed E-state index contributed by atoms with van der Waals surface area (Å²) in [6.45, 7) is 7.37. The van der Waals surface area contributed by atoms with Gasteiger partial charge in [0.25, 0.3) is 0 Å². The van der Waals surface area contributed by atoms with Gasteiger partial charge in [-0.15, -0.1) is 0 Å². The van der Waals surface area contributed by atoms with E-state index in [0.717, 1.165) is 48.7 Å². The highest BCUT2D eigenvalue weighted by molar-refractivity contribution is 7.08. The van der Waals surface area contributed by atoms with Crippen molar-refractivity contribution in [3.8, 4) is 11.3 Å². The van der Waals surface area contributed by atoms with Crippen molar-refractivity contribution in [2.45, 2.75) is 40.0 Å². The Morgan fingerprint density at radius 2 is 2.05 bits per heavy atom. The Morgan fingerprint density at radius 3 is 2.68 bits per heavy atom. The summed E-state index contributed by atoms with van der Waals surface area (Å²) in [6, 6.07) is 2.12. The molecule has 3 nitrogen and oxygen atoms in total. The molecule has 0 fully saturated rings. The van der Waals surface area contributed by atoms with Gasteiger partial charge in [-0.05, 0) is 31.2 Å². The van der Waals surface area contributed by atoms with Crippen LogP contribution in [-0.4, -0.2) is 16.5 Å². The fourth-order valence-electron chi connectivity index (χ4n) is 1.99. The van der Waals surface area contributed by atoms with Crippen LogP contribution in [0, 0.1) is 6.92 Å². The summed E-state index contributed by atoms with van der Waals surface area (Å²) in [6.07, 6.45) is 3.10. The molecule has 0 unspecified atom stereocenters. The summed E-state index contributed by atoms with van der Waals surface area (Å²) in [7, 11) is 0. The number of anilines is 1. The number of nitrogens with zero attached hydrogens (tertiary/aromatic N) is 2. The molecule has 0 aromatic carbocycles. The standard InChI is InChI=1S/C15H21N3S/c1-4-6-13-17-14(12-7-9-19-10-12)11(3)15(18-13)16-8-5-2/h7,9-10H,4-6,8H2,1-3H3,(H,16,17,18). The summed E-state index contributed by atoms with van der Waals surface area (Å²) < 4.78 is 0. The zero-order valence-corrected chi connectivity index (χ0v) is 12.7. The van der Waals surface area contributed by atoms with Crippen LogP contribution in [0.15, 0.2) is 16.8 Å². The summed E-state index contributed by atoms with van der Waals surface area (Å²) in [5.41, 5.74) is 3.41. The Hall–Kier alpha value is -1.42. The number of rotatable bonds is 6. The first-order valence-electron chi connectivity index (χ1n) is 6.90. The van der Waals surface area contributed by atoms with Crippen molar-refractivity contribution in [1.82, 2.24) is 9.97 Å². The minimum Gasteiger partial charge on any atom is -0.370 e. The van der Waals surface area contributed by atoms with E-state index in [9.17, 15) is 0 Å². The van der Waals surface area contributed by atoms with Crippen LogP contribution in [0.3, 0.4) is 0 Å². The van der Waals surface area contributed by atoms with E-state index in [4.69, 9.17) is 4.98 Å². The number of hydrogen-bond acceptors (Lipinski definition) is 4. The number of hydrogen-bond donors (Lipinski definition) is 1. The first-order chi connectivity index (χ1) is 9.26. The van der Waals surface area contributed by atoms with Gasteiger partial charge in [0.15, 0.2) is 0 Å². The van der Waals surface area contributed by atoms with Crippen LogP contribution in [0.1, 0.15) is 38.1 Å². The molecule has 0 saturated carbocycles. The monoisotopic (exact) mass is 275 g/mol.